The molecule has 0 spiro atoms. The average Bonchev–Trinajstić information content (AvgIpc) is 2.14. The Balaban J connectivity index is 3.01. The Bertz CT molecular complexity index is 409. The molecule has 6 heteroatoms. The Hall–Kier alpha value is -1.46. The van der Waals surface area contributed by atoms with E-state index in [4.69, 9.17) is 0 Å². The van der Waals surface area contributed by atoms with Gasteiger partial charge in [0.05, 0.1) is 6.54 Å². The van der Waals surface area contributed by atoms with Gasteiger partial charge in [0.2, 0.25) is 0 Å². The summed E-state index contributed by atoms with van der Waals surface area (Å²) in [5.74, 6) is -0.0438. The lowest BCUT2D eigenvalue weighted by Crippen LogP contribution is -2.35. The summed E-state index contributed by atoms with van der Waals surface area (Å²) in [5, 5.41) is 2.33. The van der Waals surface area contributed by atoms with Gasteiger partial charge >= 0.3 is 0 Å². The highest BCUT2D eigenvalue weighted by Gasteiger charge is 2.16. The molecule has 0 saturated carbocycles. The second kappa shape index (κ2) is 4.59. The average molecular weight is 231 g/mol. The van der Waals surface area contributed by atoms with Gasteiger partial charge in [-0.15, -0.1) is 0 Å². The van der Waals surface area contributed by atoms with Crippen molar-refractivity contribution in [3.63, 3.8) is 0 Å². The lowest BCUT2D eigenvalue weighted by molar-refractivity contribution is 0.163. The van der Waals surface area contributed by atoms with Gasteiger partial charge in [-0.2, -0.15) is 0 Å². The van der Waals surface area contributed by atoms with Gasteiger partial charge in [-0.1, -0.05) is 0 Å². The van der Waals surface area contributed by atoms with E-state index in [0.29, 0.717) is 0 Å². The molecule has 0 amide bonds. The first-order chi connectivity index (χ1) is 7.32. The molecule has 0 aliphatic heterocycles. The zero-order chi connectivity index (χ0) is 12.3. The summed E-state index contributed by atoms with van der Waals surface area (Å²) >= 11 is 0. The van der Waals surface area contributed by atoms with Gasteiger partial charge in [-0.3, -0.25) is 4.79 Å². The maximum atomic E-state index is 12.0. The predicted octanol–water partition coefficient (Wildman–Crippen LogP) is 1.68. The predicted molar refractivity (Wildman–Crippen MR) is 58.0 cm³/mol. The number of anilines is 1. The van der Waals surface area contributed by atoms with Gasteiger partial charge in [-0.05, 0) is 20.8 Å². The molecule has 90 valence electrons. The second-order valence-corrected chi connectivity index (χ2v) is 4.39. The van der Waals surface area contributed by atoms with E-state index in [9.17, 15) is 13.6 Å². The van der Waals surface area contributed by atoms with Crippen LogP contribution in [0.15, 0.2) is 17.2 Å². The molecule has 1 rings (SSSR count). The molecule has 0 radical (unpaired) electrons. The van der Waals surface area contributed by atoms with Crippen molar-refractivity contribution in [2.75, 3.05) is 11.9 Å². The SMILES string of the molecule is CC(C)(C)n1ccnc(NCC(F)F)c1=O. The molecule has 0 aliphatic carbocycles. The van der Waals surface area contributed by atoms with Gasteiger partial charge in [0.1, 0.15) is 0 Å². The maximum absolute atomic E-state index is 12.0. The van der Waals surface area contributed by atoms with Gasteiger partial charge < -0.3 is 9.88 Å². The number of alkyl halides is 2. The van der Waals surface area contributed by atoms with Crippen LogP contribution in [0.1, 0.15) is 20.8 Å². The third kappa shape index (κ3) is 3.01. The number of hydrogen-bond donors (Lipinski definition) is 1. The summed E-state index contributed by atoms with van der Waals surface area (Å²) in [6.07, 6.45) is 0.445. The van der Waals surface area contributed by atoms with Crippen LogP contribution in [0.5, 0.6) is 0 Å². The van der Waals surface area contributed by atoms with E-state index in [1.54, 1.807) is 0 Å². The standard InChI is InChI=1S/C10H15F2N3O/c1-10(2,3)15-5-4-13-8(9(15)16)14-6-7(11)12/h4-5,7H,6H2,1-3H3,(H,13,14). The molecular formula is C10H15F2N3O. The molecular weight excluding hydrogens is 216 g/mol. The third-order valence-electron chi connectivity index (χ3n) is 1.99. The van der Waals surface area contributed by atoms with Crippen LogP contribution in [-0.2, 0) is 5.54 Å². The molecule has 0 atom stereocenters. The number of halogens is 2. The minimum absolute atomic E-state index is 0.0438. The van der Waals surface area contributed by atoms with Crippen molar-refractivity contribution in [3.8, 4) is 0 Å². The maximum Gasteiger partial charge on any atom is 0.293 e. The fourth-order valence-electron chi connectivity index (χ4n) is 1.23. The van der Waals surface area contributed by atoms with Crippen LogP contribution in [0, 0.1) is 0 Å². The number of nitrogens with zero attached hydrogens (tertiary/aromatic N) is 2. The highest BCUT2D eigenvalue weighted by Crippen LogP contribution is 2.10. The van der Waals surface area contributed by atoms with Gasteiger partial charge in [0, 0.05) is 17.9 Å². The van der Waals surface area contributed by atoms with Crippen molar-refractivity contribution in [1.29, 1.82) is 0 Å². The Morgan fingerprint density at radius 3 is 2.62 bits per heavy atom. The Morgan fingerprint density at radius 2 is 2.12 bits per heavy atom. The van der Waals surface area contributed by atoms with Crippen molar-refractivity contribution in [2.45, 2.75) is 32.7 Å². The topological polar surface area (TPSA) is 46.9 Å². The molecule has 0 unspecified atom stereocenters. The molecule has 0 aromatic carbocycles. The fourth-order valence-corrected chi connectivity index (χ4v) is 1.23. The Kier molecular flexibility index (Phi) is 3.62. The quantitative estimate of drug-likeness (QED) is 0.860. The second-order valence-electron chi connectivity index (χ2n) is 4.39. The summed E-state index contributed by atoms with van der Waals surface area (Å²) < 4.78 is 25.4. The third-order valence-corrected chi connectivity index (χ3v) is 1.99. The minimum atomic E-state index is -2.51. The summed E-state index contributed by atoms with van der Waals surface area (Å²) in [6.45, 7) is 4.98. The largest absolute Gasteiger partial charge is 0.360 e. The molecule has 0 saturated heterocycles. The first-order valence-corrected chi connectivity index (χ1v) is 4.92. The van der Waals surface area contributed by atoms with Crippen LogP contribution in [-0.4, -0.2) is 22.5 Å². The van der Waals surface area contributed by atoms with Crippen molar-refractivity contribution in [1.82, 2.24) is 9.55 Å². The molecule has 0 aliphatic rings. The van der Waals surface area contributed by atoms with E-state index in [1.807, 2.05) is 20.8 Å². The molecule has 0 bridgehead atoms. The van der Waals surface area contributed by atoms with Gasteiger partial charge in [0.15, 0.2) is 5.82 Å². The molecule has 1 aromatic rings. The smallest absolute Gasteiger partial charge is 0.293 e. The lowest BCUT2D eigenvalue weighted by atomic mass is 10.1. The Morgan fingerprint density at radius 1 is 1.50 bits per heavy atom. The van der Waals surface area contributed by atoms with E-state index >= 15 is 0 Å². The number of nitrogens with one attached hydrogen (secondary N) is 1. The molecule has 4 nitrogen and oxygen atoms in total. The van der Waals surface area contributed by atoms with Gasteiger partial charge in [0.25, 0.3) is 12.0 Å². The van der Waals surface area contributed by atoms with Crippen molar-refractivity contribution in [3.05, 3.63) is 22.7 Å². The molecule has 16 heavy (non-hydrogen) atoms. The zero-order valence-corrected chi connectivity index (χ0v) is 9.50. The van der Waals surface area contributed by atoms with Crippen LogP contribution in [0.25, 0.3) is 0 Å². The summed E-state index contributed by atoms with van der Waals surface area (Å²) in [7, 11) is 0. The fraction of sp³-hybridized carbons (Fsp3) is 0.600. The van der Waals surface area contributed by atoms with E-state index in [-0.39, 0.29) is 5.82 Å². The number of rotatable bonds is 3. The normalized spacial score (nSPS) is 11.9. The summed E-state index contributed by atoms with van der Waals surface area (Å²) in [6, 6.07) is 0. The minimum Gasteiger partial charge on any atom is -0.360 e. The van der Waals surface area contributed by atoms with Crippen molar-refractivity contribution in [2.24, 2.45) is 0 Å². The highest BCUT2D eigenvalue weighted by molar-refractivity contribution is 5.31. The first kappa shape index (κ1) is 12.6. The molecule has 1 N–H and O–H groups in total. The van der Waals surface area contributed by atoms with Gasteiger partial charge in [-0.25, -0.2) is 13.8 Å². The highest BCUT2D eigenvalue weighted by atomic mass is 19.3. The summed E-state index contributed by atoms with van der Waals surface area (Å²) in [5.41, 5.74) is -0.794. The number of hydrogen-bond acceptors (Lipinski definition) is 3. The van der Waals surface area contributed by atoms with Crippen LogP contribution in [0.4, 0.5) is 14.6 Å². The molecule has 1 heterocycles. The van der Waals surface area contributed by atoms with E-state index in [0.717, 1.165) is 0 Å². The van der Waals surface area contributed by atoms with E-state index in [1.165, 1.54) is 17.0 Å². The van der Waals surface area contributed by atoms with Crippen LogP contribution in [0.2, 0.25) is 0 Å². The van der Waals surface area contributed by atoms with E-state index in [2.05, 4.69) is 10.3 Å². The van der Waals surface area contributed by atoms with E-state index < -0.39 is 24.1 Å². The first-order valence-electron chi connectivity index (χ1n) is 4.92. The zero-order valence-electron chi connectivity index (χ0n) is 9.50. The van der Waals surface area contributed by atoms with Crippen LogP contribution in [0.3, 0.4) is 0 Å². The Labute approximate surface area is 92.3 Å². The lowest BCUT2D eigenvalue weighted by Gasteiger charge is -2.22. The summed E-state index contributed by atoms with van der Waals surface area (Å²) in [4.78, 5) is 15.6. The van der Waals surface area contributed by atoms with Crippen LogP contribution >= 0.6 is 0 Å². The number of aromatic nitrogens is 2. The molecule has 0 fully saturated rings. The van der Waals surface area contributed by atoms with Crippen molar-refractivity contribution >= 4 is 5.82 Å². The van der Waals surface area contributed by atoms with Crippen molar-refractivity contribution < 1.29 is 8.78 Å². The van der Waals surface area contributed by atoms with Crippen LogP contribution < -0.4 is 10.9 Å². The monoisotopic (exact) mass is 231 g/mol. The molecule has 1 aromatic heterocycles.